The Bertz CT molecular complexity index is 593. The van der Waals surface area contributed by atoms with E-state index in [1.807, 2.05) is 0 Å². The van der Waals surface area contributed by atoms with Crippen molar-refractivity contribution < 1.29 is 14.3 Å². The van der Waals surface area contributed by atoms with Gasteiger partial charge >= 0.3 is 5.97 Å². The number of nitrogens with zero attached hydrogens (tertiary/aromatic N) is 1. The van der Waals surface area contributed by atoms with Crippen molar-refractivity contribution in [3.05, 3.63) is 29.8 Å². The highest BCUT2D eigenvalue weighted by molar-refractivity contribution is 6.50. The van der Waals surface area contributed by atoms with Crippen LogP contribution in [0.5, 0.6) is 0 Å². The van der Waals surface area contributed by atoms with Crippen LogP contribution in [-0.2, 0) is 9.53 Å². The van der Waals surface area contributed by atoms with Crippen LogP contribution in [0.15, 0.2) is 24.3 Å². The second-order valence-corrected chi connectivity index (χ2v) is 6.26. The highest BCUT2D eigenvalue weighted by Crippen LogP contribution is 2.53. The quantitative estimate of drug-likeness (QED) is 0.666. The van der Waals surface area contributed by atoms with Crippen molar-refractivity contribution in [1.82, 2.24) is 0 Å². The van der Waals surface area contributed by atoms with E-state index in [1.165, 1.54) is 12.1 Å². The lowest BCUT2D eigenvalue weighted by Crippen LogP contribution is -2.11. The molecule has 1 amide bonds. The number of nitrogens with one attached hydrogen (secondary N) is 1. The van der Waals surface area contributed by atoms with Gasteiger partial charge in [0.1, 0.15) is 10.8 Å². The molecule has 0 saturated heterocycles. The van der Waals surface area contributed by atoms with Crippen molar-refractivity contribution in [1.29, 1.82) is 5.26 Å². The summed E-state index contributed by atoms with van der Waals surface area (Å²) in [6.45, 7) is 0.187. The van der Waals surface area contributed by atoms with E-state index < -0.39 is 16.2 Å². The largest absolute Gasteiger partial charge is 0.462 e. The SMILES string of the molecule is N#CCC(=O)Nc1ccc(C(=O)OC[C@@H]2CC2(Cl)Cl)cc1. The fourth-order valence-corrected chi connectivity index (χ4v) is 2.18. The molecule has 1 aromatic carbocycles. The van der Waals surface area contributed by atoms with Crippen LogP contribution >= 0.6 is 23.2 Å². The Balaban J connectivity index is 1.85. The molecule has 5 nitrogen and oxygen atoms in total. The molecular weight excluding hydrogens is 315 g/mol. The maximum Gasteiger partial charge on any atom is 0.338 e. The summed E-state index contributed by atoms with van der Waals surface area (Å²) in [4.78, 5) is 23.0. The summed E-state index contributed by atoms with van der Waals surface area (Å²) in [6, 6.07) is 7.95. The van der Waals surface area contributed by atoms with Gasteiger partial charge in [-0.05, 0) is 30.7 Å². The first kappa shape index (κ1) is 15.6. The van der Waals surface area contributed by atoms with E-state index in [-0.39, 0.29) is 18.9 Å². The van der Waals surface area contributed by atoms with E-state index in [2.05, 4.69) is 5.32 Å². The number of hydrogen-bond donors (Lipinski definition) is 1. The van der Waals surface area contributed by atoms with E-state index in [1.54, 1.807) is 18.2 Å². The zero-order valence-corrected chi connectivity index (χ0v) is 12.4. The minimum atomic E-state index is -0.769. The molecule has 0 radical (unpaired) electrons. The highest BCUT2D eigenvalue weighted by Gasteiger charge is 2.52. The van der Waals surface area contributed by atoms with Crippen LogP contribution in [0.1, 0.15) is 23.2 Å². The zero-order valence-electron chi connectivity index (χ0n) is 10.9. The van der Waals surface area contributed by atoms with Gasteiger partial charge in [-0.2, -0.15) is 5.26 Å². The lowest BCUT2D eigenvalue weighted by molar-refractivity contribution is -0.115. The monoisotopic (exact) mass is 326 g/mol. The summed E-state index contributed by atoms with van der Waals surface area (Å²) in [7, 11) is 0. The van der Waals surface area contributed by atoms with Crippen LogP contribution in [0.4, 0.5) is 5.69 Å². The molecule has 0 heterocycles. The molecule has 1 aliphatic rings. The van der Waals surface area contributed by atoms with Crippen molar-refractivity contribution in [3.63, 3.8) is 0 Å². The molecular formula is C14H12Cl2N2O3. The standard InChI is InChI=1S/C14H12Cl2N2O3/c15-14(16)7-10(14)8-21-13(20)9-1-3-11(4-2-9)18-12(19)5-6-17/h1-4,10H,5,7-8H2,(H,18,19)/t10-/m0/s1. The molecule has 0 spiro atoms. The van der Waals surface area contributed by atoms with Gasteiger partial charge in [-0.3, -0.25) is 4.79 Å². The maximum absolute atomic E-state index is 11.8. The van der Waals surface area contributed by atoms with Crippen LogP contribution in [0, 0.1) is 17.2 Å². The van der Waals surface area contributed by atoms with Gasteiger partial charge in [0.05, 0.1) is 18.2 Å². The summed E-state index contributed by atoms with van der Waals surface area (Å²) in [5.74, 6) is -0.891. The Morgan fingerprint density at radius 1 is 1.38 bits per heavy atom. The van der Waals surface area contributed by atoms with E-state index in [9.17, 15) is 9.59 Å². The zero-order chi connectivity index (χ0) is 15.5. The van der Waals surface area contributed by atoms with E-state index in [4.69, 9.17) is 33.2 Å². The summed E-state index contributed by atoms with van der Waals surface area (Å²) in [5.41, 5.74) is 0.873. The second-order valence-electron chi connectivity index (χ2n) is 4.72. The molecule has 1 N–H and O–H groups in total. The van der Waals surface area contributed by atoms with E-state index in [0.29, 0.717) is 17.7 Å². The van der Waals surface area contributed by atoms with Gasteiger partial charge in [0, 0.05) is 11.6 Å². The number of carbonyl (C=O) groups excluding carboxylic acids is 2. The average molecular weight is 327 g/mol. The molecule has 1 aromatic rings. The summed E-state index contributed by atoms with van der Waals surface area (Å²) >= 11 is 11.7. The molecule has 1 aliphatic carbocycles. The maximum atomic E-state index is 11.8. The molecule has 21 heavy (non-hydrogen) atoms. The fourth-order valence-electron chi connectivity index (χ4n) is 1.68. The van der Waals surface area contributed by atoms with Crippen molar-refractivity contribution in [2.75, 3.05) is 11.9 Å². The average Bonchev–Trinajstić information content (AvgIpc) is 3.05. The third-order valence-corrected chi connectivity index (χ3v) is 3.94. The van der Waals surface area contributed by atoms with Gasteiger partial charge in [-0.25, -0.2) is 4.79 Å². The lowest BCUT2D eigenvalue weighted by atomic mass is 10.2. The predicted octanol–water partition coefficient (Wildman–Crippen LogP) is 2.89. The van der Waals surface area contributed by atoms with Crippen molar-refractivity contribution in [3.8, 4) is 6.07 Å². The number of hydrogen-bond acceptors (Lipinski definition) is 4. The Morgan fingerprint density at radius 3 is 2.52 bits per heavy atom. The molecule has 0 aromatic heterocycles. The van der Waals surface area contributed by atoms with Gasteiger partial charge in [-0.15, -0.1) is 23.2 Å². The molecule has 2 rings (SSSR count). The van der Waals surface area contributed by atoms with Gasteiger partial charge < -0.3 is 10.1 Å². The number of rotatable bonds is 5. The van der Waals surface area contributed by atoms with Gasteiger partial charge in [-0.1, -0.05) is 0 Å². The first-order valence-corrected chi connectivity index (χ1v) is 7.00. The summed E-state index contributed by atoms with van der Waals surface area (Å²) in [5, 5.41) is 10.9. The number of nitriles is 1. The molecule has 0 bridgehead atoms. The van der Waals surface area contributed by atoms with Gasteiger partial charge in [0.15, 0.2) is 0 Å². The molecule has 1 fully saturated rings. The van der Waals surface area contributed by atoms with Crippen molar-refractivity contribution in [2.24, 2.45) is 5.92 Å². The number of esters is 1. The third kappa shape index (κ3) is 4.35. The van der Waals surface area contributed by atoms with Crippen LogP contribution in [-0.4, -0.2) is 22.8 Å². The predicted molar refractivity (Wildman–Crippen MR) is 78.1 cm³/mol. The number of alkyl halides is 2. The summed E-state index contributed by atoms with van der Waals surface area (Å²) < 4.78 is 4.34. The number of ether oxygens (including phenoxy) is 1. The number of benzene rings is 1. The van der Waals surface area contributed by atoms with Gasteiger partial charge in [0.25, 0.3) is 0 Å². The van der Waals surface area contributed by atoms with E-state index >= 15 is 0 Å². The Morgan fingerprint density at radius 2 is 2.00 bits per heavy atom. The van der Waals surface area contributed by atoms with Crippen LogP contribution in [0.2, 0.25) is 0 Å². The molecule has 1 atom stereocenters. The Labute approximate surface area is 131 Å². The number of carbonyl (C=O) groups is 2. The second kappa shape index (κ2) is 6.33. The number of halogens is 2. The Kier molecular flexibility index (Phi) is 4.71. The minimum absolute atomic E-state index is 0.0191. The normalized spacial score (nSPS) is 18.4. The Hall–Kier alpha value is -1.77. The smallest absolute Gasteiger partial charge is 0.338 e. The lowest BCUT2D eigenvalue weighted by Gasteiger charge is -2.06. The topological polar surface area (TPSA) is 79.2 Å². The highest BCUT2D eigenvalue weighted by atomic mass is 35.5. The number of anilines is 1. The number of amides is 1. The van der Waals surface area contributed by atoms with Crippen molar-refractivity contribution >= 4 is 40.8 Å². The molecule has 7 heteroatoms. The van der Waals surface area contributed by atoms with Crippen LogP contribution < -0.4 is 5.32 Å². The first-order valence-electron chi connectivity index (χ1n) is 6.24. The molecule has 1 saturated carbocycles. The van der Waals surface area contributed by atoms with Crippen LogP contribution in [0.3, 0.4) is 0 Å². The van der Waals surface area contributed by atoms with Crippen molar-refractivity contribution in [2.45, 2.75) is 17.2 Å². The fraction of sp³-hybridized carbons (Fsp3) is 0.357. The molecule has 0 unspecified atom stereocenters. The van der Waals surface area contributed by atoms with E-state index in [0.717, 1.165) is 0 Å². The molecule has 110 valence electrons. The molecule has 0 aliphatic heterocycles. The third-order valence-electron chi connectivity index (χ3n) is 3.02. The van der Waals surface area contributed by atoms with Crippen LogP contribution in [0.25, 0.3) is 0 Å². The summed E-state index contributed by atoms with van der Waals surface area (Å²) in [6.07, 6.45) is 0.400. The first-order chi connectivity index (χ1) is 9.92. The van der Waals surface area contributed by atoms with Gasteiger partial charge in [0.2, 0.25) is 5.91 Å². The minimum Gasteiger partial charge on any atom is -0.462 e.